The third-order valence-corrected chi connectivity index (χ3v) is 8.08. The van der Waals surface area contributed by atoms with Crippen molar-refractivity contribution in [2.75, 3.05) is 27.3 Å². The van der Waals surface area contributed by atoms with Crippen molar-refractivity contribution < 1.29 is 9.47 Å². The molecule has 0 radical (unpaired) electrons. The highest BCUT2D eigenvalue weighted by Crippen LogP contribution is 2.46. The molecule has 2 aromatic rings. The fourth-order valence-electron chi connectivity index (χ4n) is 3.44. The van der Waals surface area contributed by atoms with E-state index in [-0.39, 0.29) is 0 Å². The average molecular weight is 389 g/mol. The highest BCUT2D eigenvalue weighted by Gasteiger charge is 2.40. The number of ether oxygens (including phenoxy) is 2. The predicted octanol–water partition coefficient (Wildman–Crippen LogP) is 4.07. The summed E-state index contributed by atoms with van der Waals surface area (Å²) in [5.41, 5.74) is 2.70. The monoisotopic (exact) mass is 388 g/mol. The SMILES string of the molecule is COc1ccc(CN2CC3SSC2CN3Cc2ccc(OC)cc2)cc1. The van der Waals surface area contributed by atoms with Crippen LogP contribution in [0.5, 0.6) is 11.5 Å². The molecule has 2 atom stereocenters. The lowest BCUT2D eigenvalue weighted by Crippen LogP contribution is -2.57. The fraction of sp³-hybridized carbons (Fsp3) is 0.400. The lowest BCUT2D eigenvalue weighted by molar-refractivity contribution is 0.0876. The molecular weight excluding hydrogens is 364 g/mol. The van der Waals surface area contributed by atoms with E-state index in [1.165, 1.54) is 11.1 Å². The van der Waals surface area contributed by atoms with E-state index < -0.39 is 0 Å². The van der Waals surface area contributed by atoms with E-state index in [4.69, 9.17) is 9.47 Å². The summed E-state index contributed by atoms with van der Waals surface area (Å²) in [6.07, 6.45) is 0. The lowest BCUT2D eigenvalue weighted by atomic mass is 10.1. The molecule has 2 bridgehead atoms. The quantitative estimate of drug-likeness (QED) is 0.692. The third kappa shape index (κ3) is 3.98. The van der Waals surface area contributed by atoms with Gasteiger partial charge < -0.3 is 9.47 Å². The van der Waals surface area contributed by atoms with E-state index in [0.717, 1.165) is 37.7 Å². The Bertz CT molecular complexity index is 660. The first kappa shape index (κ1) is 18.0. The van der Waals surface area contributed by atoms with Crippen molar-refractivity contribution in [3.05, 3.63) is 59.7 Å². The molecule has 0 spiro atoms. The molecule has 3 saturated heterocycles. The maximum atomic E-state index is 5.26. The molecule has 5 rings (SSSR count). The van der Waals surface area contributed by atoms with Crippen LogP contribution in [0.3, 0.4) is 0 Å². The van der Waals surface area contributed by atoms with E-state index in [2.05, 4.69) is 58.3 Å². The first-order valence-electron chi connectivity index (χ1n) is 8.81. The summed E-state index contributed by atoms with van der Waals surface area (Å²) in [6.45, 7) is 4.25. The lowest BCUT2D eigenvalue weighted by Gasteiger charge is -2.50. The molecule has 138 valence electrons. The molecule has 2 unspecified atom stereocenters. The van der Waals surface area contributed by atoms with Crippen LogP contribution in [0.15, 0.2) is 48.5 Å². The van der Waals surface area contributed by atoms with Crippen LogP contribution in [0.25, 0.3) is 0 Å². The van der Waals surface area contributed by atoms with Gasteiger partial charge in [-0.15, -0.1) is 0 Å². The Morgan fingerprint density at radius 3 is 1.42 bits per heavy atom. The summed E-state index contributed by atoms with van der Waals surface area (Å²) in [5.74, 6) is 1.84. The number of rotatable bonds is 6. The van der Waals surface area contributed by atoms with Crippen molar-refractivity contribution in [2.24, 2.45) is 0 Å². The van der Waals surface area contributed by atoms with Gasteiger partial charge in [0, 0.05) is 26.2 Å². The van der Waals surface area contributed by atoms with Crippen molar-refractivity contribution in [3.63, 3.8) is 0 Å². The van der Waals surface area contributed by atoms with E-state index in [1.54, 1.807) is 14.2 Å². The summed E-state index contributed by atoms with van der Waals surface area (Å²) < 4.78 is 10.5. The van der Waals surface area contributed by atoms with Gasteiger partial charge in [0.1, 0.15) is 11.5 Å². The summed E-state index contributed by atoms with van der Waals surface area (Å²) in [5, 5.41) is 1.09. The van der Waals surface area contributed by atoms with Crippen LogP contribution in [-0.2, 0) is 13.1 Å². The van der Waals surface area contributed by atoms with E-state index in [0.29, 0.717) is 10.7 Å². The molecule has 0 N–H and O–H groups in total. The molecule has 3 aliphatic heterocycles. The van der Waals surface area contributed by atoms with Crippen molar-refractivity contribution >= 4 is 21.6 Å². The molecule has 3 heterocycles. The smallest absolute Gasteiger partial charge is 0.118 e. The van der Waals surface area contributed by atoms with Gasteiger partial charge in [0.2, 0.25) is 0 Å². The third-order valence-electron chi connectivity index (χ3n) is 4.96. The van der Waals surface area contributed by atoms with Crippen LogP contribution in [-0.4, -0.2) is 47.9 Å². The topological polar surface area (TPSA) is 24.9 Å². The standard InChI is InChI=1S/C20H24N2O2S2/c1-23-17-7-3-15(4-8-17)11-21-13-20-22(14-19(21)25-26-20)12-16-5-9-18(24-2)10-6-16/h3-10,19-20H,11-14H2,1-2H3. The van der Waals surface area contributed by atoms with Crippen LogP contribution in [0.4, 0.5) is 0 Å². The molecule has 3 fully saturated rings. The van der Waals surface area contributed by atoms with Crippen LogP contribution < -0.4 is 9.47 Å². The molecule has 0 saturated carbocycles. The zero-order chi connectivity index (χ0) is 17.9. The maximum Gasteiger partial charge on any atom is 0.118 e. The van der Waals surface area contributed by atoms with Gasteiger partial charge >= 0.3 is 0 Å². The van der Waals surface area contributed by atoms with Gasteiger partial charge in [-0.2, -0.15) is 0 Å². The fourth-order valence-corrected chi connectivity index (χ4v) is 6.63. The summed E-state index contributed by atoms with van der Waals surface area (Å²) in [6, 6.07) is 16.9. The summed E-state index contributed by atoms with van der Waals surface area (Å²) >= 11 is 0. The van der Waals surface area contributed by atoms with Gasteiger partial charge in [-0.3, -0.25) is 9.80 Å². The van der Waals surface area contributed by atoms with Crippen LogP contribution in [0, 0.1) is 0 Å². The van der Waals surface area contributed by atoms with E-state index in [9.17, 15) is 0 Å². The largest absolute Gasteiger partial charge is 0.497 e. The van der Waals surface area contributed by atoms with E-state index >= 15 is 0 Å². The number of piperazine rings is 1. The molecule has 2 aromatic carbocycles. The van der Waals surface area contributed by atoms with Gasteiger partial charge in [0.15, 0.2) is 0 Å². The first-order chi connectivity index (χ1) is 12.7. The zero-order valence-electron chi connectivity index (χ0n) is 15.1. The molecular formula is C20H24N2O2S2. The Labute approximate surface area is 163 Å². The number of methoxy groups -OCH3 is 2. The van der Waals surface area contributed by atoms with Crippen LogP contribution in [0.2, 0.25) is 0 Å². The summed E-state index contributed by atoms with van der Waals surface area (Å²) in [7, 11) is 7.47. The normalized spacial score (nSPS) is 23.2. The van der Waals surface area contributed by atoms with Crippen molar-refractivity contribution in [3.8, 4) is 11.5 Å². The van der Waals surface area contributed by atoms with Crippen molar-refractivity contribution in [1.82, 2.24) is 9.80 Å². The number of fused-ring (bicyclic) bond motifs is 3. The second-order valence-electron chi connectivity index (χ2n) is 6.66. The van der Waals surface area contributed by atoms with Gasteiger partial charge in [0.25, 0.3) is 0 Å². The Balaban J connectivity index is 1.37. The van der Waals surface area contributed by atoms with Crippen LogP contribution >= 0.6 is 21.6 Å². The molecule has 0 aromatic heterocycles. The minimum atomic E-state index is 0.547. The highest BCUT2D eigenvalue weighted by atomic mass is 33.1. The summed E-state index contributed by atoms with van der Waals surface area (Å²) in [4.78, 5) is 5.22. The second kappa shape index (κ2) is 8.13. The molecule has 0 amide bonds. The van der Waals surface area contributed by atoms with Crippen LogP contribution in [0.1, 0.15) is 11.1 Å². The number of nitrogens with zero attached hydrogens (tertiary/aromatic N) is 2. The Hall–Kier alpha value is -1.34. The van der Waals surface area contributed by atoms with E-state index in [1.807, 2.05) is 21.6 Å². The molecule has 6 heteroatoms. The second-order valence-corrected chi connectivity index (χ2v) is 9.28. The predicted molar refractivity (Wildman–Crippen MR) is 110 cm³/mol. The van der Waals surface area contributed by atoms with Gasteiger partial charge in [-0.05, 0) is 35.4 Å². The Morgan fingerprint density at radius 1 is 0.731 bits per heavy atom. The van der Waals surface area contributed by atoms with Crippen molar-refractivity contribution in [1.29, 1.82) is 0 Å². The number of hydrogen-bond donors (Lipinski definition) is 0. The number of benzene rings is 2. The maximum absolute atomic E-state index is 5.26. The molecule has 26 heavy (non-hydrogen) atoms. The highest BCUT2D eigenvalue weighted by molar-refractivity contribution is 8.77. The Kier molecular flexibility index (Phi) is 5.64. The molecule has 3 aliphatic rings. The molecule has 0 aliphatic carbocycles. The zero-order valence-corrected chi connectivity index (χ0v) is 16.8. The van der Waals surface area contributed by atoms with Gasteiger partial charge in [0.05, 0.1) is 25.0 Å². The van der Waals surface area contributed by atoms with Gasteiger partial charge in [-0.1, -0.05) is 45.9 Å². The molecule has 4 nitrogen and oxygen atoms in total. The van der Waals surface area contributed by atoms with Crippen molar-refractivity contribution in [2.45, 2.75) is 23.8 Å². The minimum Gasteiger partial charge on any atom is -0.497 e. The first-order valence-corrected chi connectivity index (χ1v) is 11.1. The number of hydrogen-bond acceptors (Lipinski definition) is 6. The minimum absolute atomic E-state index is 0.547. The Morgan fingerprint density at radius 2 is 1.12 bits per heavy atom. The van der Waals surface area contributed by atoms with Gasteiger partial charge in [-0.25, -0.2) is 0 Å². The average Bonchev–Trinajstić information content (AvgIpc) is 2.70.